The topological polar surface area (TPSA) is 75.3 Å². The summed E-state index contributed by atoms with van der Waals surface area (Å²) in [4.78, 5) is 11.9. The smallest absolute Gasteiger partial charge is 0.223 e. The van der Waals surface area contributed by atoms with Gasteiger partial charge in [-0.15, -0.1) is 0 Å². The molecule has 0 aliphatic heterocycles. The highest BCUT2D eigenvalue weighted by Gasteiger charge is 2.16. The molecule has 0 unspecified atom stereocenters. The SMILES string of the molecule is CCNS(=O)(=O)CCNC(=O)[C@@H](C)Cc1ccccc1F. The van der Waals surface area contributed by atoms with E-state index in [0.717, 1.165) is 0 Å². The van der Waals surface area contributed by atoms with E-state index in [-0.39, 0.29) is 30.4 Å². The maximum Gasteiger partial charge on any atom is 0.223 e. The molecule has 5 nitrogen and oxygen atoms in total. The van der Waals surface area contributed by atoms with Crippen LogP contribution in [0, 0.1) is 11.7 Å². The van der Waals surface area contributed by atoms with Gasteiger partial charge >= 0.3 is 0 Å². The molecule has 0 aliphatic rings. The fourth-order valence-corrected chi connectivity index (χ4v) is 2.82. The molecule has 0 aliphatic carbocycles. The quantitative estimate of drug-likeness (QED) is 0.753. The standard InChI is InChI=1S/C14H21FN2O3S/c1-3-17-21(19,20)9-8-16-14(18)11(2)10-12-6-4-5-7-13(12)15/h4-7,11,17H,3,8-10H2,1-2H3,(H,16,18)/t11-/m0/s1. The van der Waals surface area contributed by atoms with Gasteiger partial charge in [0, 0.05) is 19.0 Å². The van der Waals surface area contributed by atoms with Crippen molar-refractivity contribution in [2.24, 2.45) is 5.92 Å². The van der Waals surface area contributed by atoms with Crippen molar-refractivity contribution < 1.29 is 17.6 Å². The van der Waals surface area contributed by atoms with Gasteiger partial charge in [-0.25, -0.2) is 17.5 Å². The van der Waals surface area contributed by atoms with Crippen molar-refractivity contribution in [3.8, 4) is 0 Å². The summed E-state index contributed by atoms with van der Waals surface area (Å²) in [5, 5.41) is 2.56. The van der Waals surface area contributed by atoms with Gasteiger partial charge in [-0.05, 0) is 18.1 Å². The molecule has 2 N–H and O–H groups in total. The van der Waals surface area contributed by atoms with Crippen LogP contribution in [0.15, 0.2) is 24.3 Å². The van der Waals surface area contributed by atoms with Gasteiger partial charge in [0.25, 0.3) is 0 Å². The van der Waals surface area contributed by atoms with E-state index >= 15 is 0 Å². The Kier molecular flexibility index (Phi) is 6.77. The maximum atomic E-state index is 13.5. The fraction of sp³-hybridized carbons (Fsp3) is 0.500. The van der Waals surface area contributed by atoms with Crippen molar-refractivity contribution in [3.05, 3.63) is 35.6 Å². The fourth-order valence-electron chi connectivity index (χ4n) is 1.86. The molecule has 118 valence electrons. The normalized spacial score (nSPS) is 12.9. The predicted molar refractivity (Wildman–Crippen MR) is 79.7 cm³/mol. The van der Waals surface area contributed by atoms with Gasteiger partial charge in [0.2, 0.25) is 15.9 Å². The average Bonchev–Trinajstić information content (AvgIpc) is 2.40. The molecule has 0 heterocycles. The number of hydrogen-bond donors (Lipinski definition) is 2. The van der Waals surface area contributed by atoms with Crippen LogP contribution in [-0.2, 0) is 21.2 Å². The number of benzene rings is 1. The van der Waals surface area contributed by atoms with Crippen LogP contribution in [0.3, 0.4) is 0 Å². The van der Waals surface area contributed by atoms with Crippen LogP contribution in [-0.4, -0.2) is 33.2 Å². The van der Waals surface area contributed by atoms with Gasteiger partial charge in [0.1, 0.15) is 5.82 Å². The summed E-state index contributed by atoms with van der Waals surface area (Å²) in [6.45, 7) is 3.73. The number of nitrogens with one attached hydrogen (secondary N) is 2. The highest BCUT2D eigenvalue weighted by atomic mass is 32.2. The first-order valence-electron chi connectivity index (χ1n) is 6.84. The lowest BCUT2D eigenvalue weighted by Crippen LogP contribution is -2.37. The number of carbonyl (C=O) groups excluding carboxylic acids is 1. The molecule has 21 heavy (non-hydrogen) atoms. The van der Waals surface area contributed by atoms with Crippen molar-refractivity contribution in [2.45, 2.75) is 20.3 Å². The summed E-state index contributed by atoms with van der Waals surface area (Å²) >= 11 is 0. The van der Waals surface area contributed by atoms with E-state index in [1.807, 2.05) is 0 Å². The van der Waals surface area contributed by atoms with E-state index in [1.54, 1.807) is 32.0 Å². The number of carbonyl (C=O) groups is 1. The van der Waals surface area contributed by atoms with Crippen molar-refractivity contribution in [2.75, 3.05) is 18.8 Å². The second kappa shape index (κ2) is 8.09. The predicted octanol–water partition coefficient (Wildman–Crippen LogP) is 1.06. The minimum atomic E-state index is -3.34. The van der Waals surface area contributed by atoms with Crippen LogP contribution in [0.1, 0.15) is 19.4 Å². The highest BCUT2D eigenvalue weighted by Crippen LogP contribution is 2.12. The molecule has 1 rings (SSSR count). The zero-order valence-electron chi connectivity index (χ0n) is 12.2. The number of halogens is 1. The van der Waals surface area contributed by atoms with Crippen molar-refractivity contribution in [3.63, 3.8) is 0 Å². The van der Waals surface area contributed by atoms with Crippen LogP contribution in [0.5, 0.6) is 0 Å². The Morgan fingerprint density at radius 2 is 2.00 bits per heavy atom. The molecule has 1 atom stereocenters. The van der Waals surface area contributed by atoms with Gasteiger partial charge < -0.3 is 5.32 Å². The van der Waals surface area contributed by atoms with Crippen LogP contribution < -0.4 is 10.0 Å². The summed E-state index contributed by atoms with van der Waals surface area (Å²) in [6.07, 6.45) is 0.276. The van der Waals surface area contributed by atoms with Gasteiger partial charge in [-0.2, -0.15) is 0 Å². The Morgan fingerprint density at radius 3 is 2.62 bits per heavy atom. The summed E-state index contributed by atoms with van der Waals surface area (Å²) in [6, 6.07) is 6.29. The minimum absolute atomic E-state index is 0.0375. The largest absolute Gasteiger partial charge is 0.355 e. The average molecular weight is 316 g/mol. The maximum absolute atomic E-state index is 13.5. The lowest BCUT2D eigenvalue weighted by molar-refractivity contribution is -0.124. The third kappa shape index (κ3) is 6.22. The van der Waals surface area contributed by atoms with Crippen LogP contribution in [0.2, 0.25) is 0 Å². The Balaban J connectivity index is 2.44. The van der Waals surface area contributed by atoms with E-state index < -0.39 is 15.9 Å². The lowest BCUT2D eigenvalue weighted by atomic mass is 10.00. The van der Waals surface area contributed by atoms with Gasteiger partial charge in [0.05, 0.1) is 5.75 Å². The van der Waals surface area contributed by atoms with Gasteiger partial charge in [0.15, 0.2) is 0 Å². The molecule has 1 aromatic rings. The zero-order chi connectivity index (χ0) is 15.9. The van der Waals surface area contributed by atoms with Crippen LogP contribution >= 0.6 is 0 Å². The second-order valence-corrected chi connectivity index (χ2v) is 6.73. The van der Waals surface area contributed by atoms with E-state index in [4.69, 9.17) is 0 Å². The lowest BCUT2D eigenvalue weighted by Gasteiger charge is -2.13. The third-order valence-corrected chi connectivity index (χ3v) is 4.44. The molecule has 0 radical (unpaired) electrons. The molecular formula is C14H21FN2O3S. The molecule has 7 heteroatoms. The summed E-state index contributed by atoms with van der Waals surface area (Å²) < 4.78 is 38.6. The Hall–Kier alpha value is -1.47. The minimum Gasteiger partial charge on any atom is -0.355 e. The first-order chi connectivity index (χ1) is 9.85. The van der Waals surface area contributed by atoms with Crippen molar-refractivity contribution >= 4 is 15.9 Å². The van der Waals surface area contributed by atoms with E-state index in [0.29, 0.717) is 12.1 Å². The highest BCUT2D eigenvalue weighted by molar-refractivity contribution is 7.89. The molecule has 0 aromatic heterocycles. The van der Waals surface area contributed by atoms with Gasteiger partial charge in [-0.1, -0.05) is 32.0 Å². The van der Waals surface area contributed by atoms with Crippen LogP contribution in [0.25, 0.3) is 0 Å². The van der Waals surface area contributed by atoms with Crippen molar-refractivity contribution in [1.82, 2.24) is 10.0 Å². The second-order valence-electron chi connectivity index (χ2n) is 4.80. The van der Waals surface area contributed by atoms with Crippen molar-refractivity contribution in [1.29, 1.82) is 0 Å². The number of rotatable bonds is 8. The molecule has 1 amide bonds. The van der Waals surface area contributed by atoms with E-state index in [1.165, 1.54) is 6.07 Å². The molecule has 0 spiro atoms. The molecule has 0 saturated heterocycles. The Bertz CT molecular complexity index is 575. The summed E-state index contributed by atoms with van der Waals surface area (Å²) in [7, 11) is -3.34. The van der Waals surface area contributed by atoms with Gasteiger partial charge in [-0.3, -0.25) is 4.79 Å². The summed E-state index contributed by atoms with van der Waals surface area (Å²) in [5.74, 6) is -1.22. The molecule has 1 aromatic carbocycles. The molecular weight excluding hydrogens is 295 g/mol. The first kappa shape index (κ1) is 17.6. The number of sulfonamides is 1. The monoisotopic (exact) mass is 316 g/mol. The summed E-state index contributed by atoms with van der Waals surface area (Å²) in [5.41, 5.74) is 0.473. The molecule has 0 bridgehead atoms. The third-order valence-electron chi connectivity index (χ3n) is 2.97. The molecule has 0 saturated carbocycles. The molecule has 0 fully saturated rings. The Morgan fingerprint density at radius 1 is 1.33 bits per heavy atom. The zero-order valence-corrected chi connectivity index (χ0v) is 13.0. The van der Waals surface area contributed by atoms with E-state index in [9.17, 15) is 17.6 Å². The first-order valence-corrected chi connectivity index (χ1v) is 8.49. The van der Waals surface area contributed by atoms with E-state index in [2.05, 4.69) is 10.0 Å². The van der Waals surface area contributed by atoms with Crippen LogP contribution in [0.4, 0.5) is 4.39 Å². The number of hydrogen-bond acceptors (Lipinski definition) is 3. The number of amides is 1. The Labute approximate surface area is 125 Å².